The average Bonchev–Trinajstić information content (AvgIpc) is 3.68. The standard InChI is InChI=1S/C41H62N4O9S/c1-40(2)15-6-16-41(3)33(40)13-14-34(41)54-38(48)29-12-11-28(52-24-27-9-10-27)23-31(29)53-25-36(47)43-18-20-51-22-21-50-19-17-42-35(46)8-5-4-7-32-37-30(26-55-32)44-39(49)45-37/h11-12,23,27,30,32-34,37H,4-10,13-22,24-26H2,1-3H3,(H,42,46)(H,43,47)(H2,44,45,49)/t30-,32-,33-,34-,37-,41-/m0/s1. The van der Waals surface area contributed by atoms with Gasteiger partial charge in [-0.2, -0.15) is 11.8 Å². The fourth-order valence-corrected chi connectivity index (χ4v) is 10.6. The maximum Gasteiger partial charge on any atom is 0.342 e. The molecule has 3 aliphatic carbocycles. The molecule has 2 heterocycles. The van der Waals surface area contributed by atoms with Gasteiger partial charge in [-0.05, 0) is 80.8 Å². The zero-order chi connectivity index (χ0) is 38.8. The van der Waals surface area contributed by atoms with Gasteiger partial charge in [0.2, 0.25) is 5.91 Å². The van der Waals surface area contributed by atoms with E-state index in [1.807, 2.05) is 11.8 Å². The maximum absolute atomic E-state index is 13.6. The minimum atomic E-state index is -0.430. The van der Waals surface area contributed by atoms with E-state index >= 15 is 0 Å². The van der Waals surface area contributed by atoms with Crippen molar-refractivity contribution in [3.8, 4) is 11.5 Å². The first kappa shape index (κ1) is 41.4. The SMILES string of the molecule is CC1(C)CCC[C@]2(C)[C@@H](OC(=O)c3ccc(OCC4CC4)cc3OCC(=O)NCCOCCOCCNC(=O)CCCC[C@@H]3SC[C@@H]4NC(=O)N[C@@H]43)CC[C@@H]12. The largest absolute Gasteiger partial charge is 0.493 e. The van der Waals surface area contributed by atoms with Gasteiger partial charge in [-0.25, -0.2) is 9.59 Å². The van der Waals surface area contributed by atoms with Crippen LogP contribution in [0.3, 0.4) is 0 Å². The van der Waals surface area contributed by atoms with Crippen LogP contribution >= 0.6 is 11.8 Å². The van der Waals surface area contributed by atoms with Gasteiger partial charge >= 0.3 is 12.0 Å². The Hall–Kier alpha value is -3.23. The predicted octanol–water partition coefficient (Wildman–Crippen LogP) is 5.00. The first-order valence-electron chi connectivity index (χ1n) is 20.5. The molecule has 306 valence electrons. The number of carbonyl (C=O) groups excluding carboxylic acids is 4. The molecule has 5 aliphatic rings. The number of ether oxygens (including phenoxy) is 5. The molecule has 55 heavy (non-hydrogen) atoms. The van der Waals surface area contributed by atoms with E-state index in [1.165, 1.54) is 6.42 Å². The highest BCUT2D eigenvalue weighted by atomic mass is 32.2. The van der Waals surface area contributed by atoms with E-state index in [0.717, 1.165) is 63.5 Å². The molecular weight excluding hydrogens is 725 g/mol. The summed E-state index contributed by atoms with van der Waals surface area (Å²) >= 11 is 1.89. The Labute approximate surface area is 330 Å². The molecule has 0 aromatic heterocycles. The minimum absolute atomic E-state index is 0.0122. The Morgan fingerprint density at radius 1 is 0.891 bits per heavy atom. The normalized spacial score (nSPS) is 27.7. The molecule has 4 N–H and O–H groups in total. The van der Waals surface area contributed by atoms with Crippen LogP contribution in [0, 0.1) is 22.7 Å². The molecular formula is C41H62N4O9S. The summed E-state index contributed by atoms with van der Waals surface area (Å²) < 4.78 is 29.3. The Morgan fingerprint density at radius 2 is 1.65 bits per heavy atom. The summed E-state index contributed by atoms with van der Waals surface area (Å²) in [6.07, 6.45) is 10.7. The predicted molar refractivity (Wildman–Crippen MR) is 209 cm³/mol. The van der Waals surface area contributed by atoms with Crippen LogP contribution in [0.25, 0.3) is 0 Å². The molecule has 0 unspecified atom stereocenters. The molecule has 1 aromatic carbocycles. The number of amides is 4. The minimum Gasteiger partial charge on any atom is -0.493 e. The number of hydrogen-bond acceptors (Lipinski definition) is 10. The van der Waals surface area contributed by atoms with Crippen LogP contribution < -0.4 is 30.7 Å². The van der Waals surface area contributed by atoms with Gasteiger partial charge in [-0.3, -0.25) is 9.59 Å². The third-order valence-electron chi connectivity index (χ3n) is 12.3. The summed E-state index contributed by atoms with van der Waals surface area (Å²) in [7, 11) is 0. The van der Waals surface area contributed by atoms with Crippen LogP contribution in [0.2, 0.25) is 0 Å². The summed E-state index contributed by atoms with van der Waals surface area (Å²) in [5.41, 5.74) is 0.476. The van der Waals surface area contributed by atoms with Crippen LogP contribution in [0.1, 0.15) is 102 Å². The molecule has 4 amide bonds. The van der Waals surface area contributed by atoms with Crippen molar-refractivity contribution in [3.05, 3.63) is 23.8 Å². The van der Waals surface area contributed by atoms with Crippen molar-refractivity contribution in [2.24, 2.45) is 22.7 Å². The lowest BCUT2D eigenvalue weighted by molar-refractivity contribution is -0.123. The smallest absolute Gasteiger partial charge is 0.342 e. The zero-order valence-corrected chi connectivity index (χ0v) is 33.7. The lowest BCUT2D eigenvalue weighted by Gasteiger charge is -2.49. The van der Waals surface area contributed by atoms with Crippen molar-refractivity contribution >= 4 is 35.6 Å². The molecule has 1 aromatic rings. The Bertz CT molecular complexity index is 1490. The number of thioether (sulfide) groups is 1. The summed E-state index contributed by atoms with van der Waals surface area (Å²) in [5, 5.41) is 12.1. The van der Waals surface area contributed by atoms with Gasteiger partial charge in [0.15, 0.2) is 6.61 Å². The summed E-state index contributed by atoms with van der Waals surface area (Å²) in [6.45, 7) is 9.46. The number of fused-ring (bicyclic) bond motifs is 2. The zero-order valence-electron chi connectivity index (χ0n) is 32.9. The van der Waals surface area contributed by atoms with Gasteiger partial charge in [0, 0.05) is 42.0 Å². The van der Waals surface area contributed by atoms with E-state index in [9.17, 15) is 19.2 Å². The molecule has 6 rings (SSSR count). The topological polar surface area (TPSA) is 163 Å². The van der Waals surface area contributed by atoms with Crippen LogP contribution in [0.5, 0.6) is 11.5 Å². The highest BCUT2D eigenvalue weighted by Crippen LogP contribution is 2.60. The number of rotatable bonds is 22. The Morgan fingerprint density at radius 3 is 2.42 bits per heavy atom. The summed E-state index contributed by atoms with van der Waals surface area (Å²) in [4.78, 5) is 50.0. The third kappa shape index (κ3) is 11.4. The molecule has 3 saturated carbocycles. The van der Waals surface area contributed by atoms with E-state index in [4.69, 9.17) is 23.7 Å². The van der Waals surface area contributed by atoms with Gasteiger partial charge in [0.1, 0.15) is 23.2 Å². The van der Waals surface area contributed by atoms with Crippen molar-refractivity contribution < 1.29 is 42.9 Å². The van der Waals surface area contributed by atoms with Gasteiger partial charge < -0.3 is 45.0 Å². The molecule has 13 nitrogen and oxygen atoms in total. The van der Waals surface area contributed by atoms with Gasteiger partial charge in [-0.15, -0.1) is 0 Å². The number of hydrogen-bond donors (Lipinski definition) is 4. The van der Waals surface area contributed by atoms with Crippen molar-refractivity contribution in [1.29, 1.82) is 0 Å². The van der Waals surface area contributed by atoms with Crippen LogP contribution in [0.4, 0.5) is 4.79 Å². The lowest BCUT2D eigenvalue weighted by atomic mass is 9.57. The van der Waals surface area contributed by atoms with E-state index < -0.39 is 5.97 Å². The quantitative estimate of drug-likeness (QED) is 0.0716. The van der Waals surface area contributed by atoms with E-state index in [-0.39, 0.29) is 59.2 Å². The van der Waals surface area contributed by atoms with Crippen molar-refractivity contribution in [1.82, 2.24) is 21.3 Å². The first-order valence-corrected chi connectivity index (χ1v) is 21.5. The van der Waals surface area contributed by atoms with E-state index in [0.29, 0.717) is 80.9 Å². The number of urea groups is 1. The third-order valence-corrected chi connectivity index (χ3v) is 13.8. The Balaban J connectivity index is 0.825. The van der Waals surface area contributed by atoms with Crippen LogP contribution in [-0.2, 0) is 23.8 Å². The highest BCUT2D eigenvalue weighted by molar-refractivity contribution is 8.00. The number of esters is 1. The highest BCUT2D eigenvalue weighted by Gasteiger charge is 2.55. The summed E-state index contributed by atoms with van der Waals surface area (Å²) in [5.74, 6) is 2.15. The monoisotopic (exact) mass is 786 g/mol. The number of unbranched alkanes of at least 4 members (excludes halogenated alkanes) is 1. The fraction of sp³-hybridized carbons (Fsp3) is 0.756. The van der Waals surface area contributed by atoms with Crippen molar-refractivity contribution in [2.75, 3.05) is 58.5 Å². The number of benzene rings is 1. The molecule has 0 spiro atoms. The van der Waals surface area contributed by atoms with Gasteiger partial charge in [0.05, 0.1) is 45.1 Å². The van der Waals surface area contributed by atoms with Crippen molar-refractivity contribution in [2.45, 2.75) is 115 Å². The average molecular weight is 787 g/mol. The summed E-state index contributed by atoms with van der Waals surface area (Å²) in [6, 6.07) is 5.51. The molecule has 14 heteroatoms. The second kappa shape index (κ2) is 19.3. The second-order valence-electron chi connectivity index (χ2n) is 16.9. The van der Waals surface area contributed by atoms with Gasteiger partial charge in [-0.1, -0.05) is 33.6 Å². The van der Waals surface area contributed by atoms with Crippen LogP contribution in [0.15, 0.2) is 18.2 Å². The molecule has 0 bridgehead atoms. The molecule has 6 atom stereocenters. The van der Waals surface area contributed by atoms with Crippen LogP contribution in [-0.4, -0.2) is 106 Å². The Kier molecular flexibility index (Phi) is 14.5. The van der Waals surface area contributed by atoms with Crippen molar-refractivity contribution in [3.63, 3.8) is 0 Å². The van der Waals surface area contributed by atoms with E-state index in [2.05, 4.69) is 42.0 Å². The number of nitrogens with one attached hydrogen (secondary N) is 4. The molecule has 0 radical (unpaired) electrons. The number of carbonyl (C=O) groups is 4. The first-order chi connectivity index (χ1) is 26.5. The van der Waals surface area contributed by atoms with E-state index in [1.54, 1.807) is 18.2 Å². The second-order valence-corrected chi connectivity index (χ2v) is 18.1. The maximum atomic E-state index is 13.6. The molecule has 2 saturated heterocycles. The molecule has 2 aliphatic heterocycles. The van der Waals surface area contributed by atoms with Gasteiger partial charge in [0.25, 0.3) is 5.91 Å². The molecule has 5 fully saturated rings. The fourth-order valence-electron chi connectivity index (χ4n) is 9.09. The lowest BCUT2D eigenvalue weighted by Crippen LogP contribution is -2.44.